The first kappa shape index (κ1) is 20.3. The predicted molar refractivity (Wildman–Crippen MR) is 125 cm³/mol. The molecule has 0 saturated carbocycles. The maximum Gasteiger partial charge on any atom is 0.324 e. The van der Waals surface area contributed by atoms with Crippen LogP contribution >= 0.6 is 0 Å². The lowest BCUT2D eigenvalue weighted by atomic mass is 10.2. The van der Waals surface area contributed by atoms with E-state index in [1.807, 2.05) is 96.5 Å². The fraction of sp³-hybridized carbons (Fsp3) is 0.167. The van der Waals surface area contributed by atoms with E-state index in [2.05, 4.69) is 15.7 Å². The number of ether oxygens (including phenoxy) is 1. The zero-order chi connectivity index (χ0) is 21.8. The minimum Gasteiger partial charge on any atom is -0.497 e. The normalized spacial score (nSPS) is 10.7. The minimum atomic E-state index is -0.336. The van der Waals surface area contributed by atoms with Gasteiger partial charge in [-0.3, -0.25) is 10.00 Å². The molecule has 158 valence electrons. The number of amides is 2. The molecule has 0 spiro atoms. The van der Waals surface area contributed by atoms with Crippen LogP contribution in [0, 0.1) is 0 Å². The van der Waals surface area contributed by atoms with Crippen LogP contribution in [-0.2, 0) is 6.54 Å². The van der Waals surface area contributed by atoms with Crippen LogP contribution in [0.3, 0.4) is 0 Å². The Hall–Kier alpha value is -4.00. The molecule has 0 unspecified atom stereocenters. The first-order chi connectivity index (χ1) is 15.0. The first-order valence-corrected chi connectivity index (χ1v) is 9.97. The summed E-state index contributed by atoms with van der Waals surface area (Å²) in [6.45, 7) is 0.583. The van der Waals surface area contributed by atoms with Crippen molar-refractivity contribution < 1.29 is 9.53 Å². The Morgan fingerprint density at radius 3 is 2.35 bits per heavy atom. The number of aromatic nitrogens is 2. The molecule has 1 aromatic heterocycles. The third kappa shape index (κ3) is 4.61. The number of nitrogens with zero attached hydrogens (tertiary/aromatic N) is 3. The molecule has 2 amide bonds. The van der Waals surface area contributed by atoms with Crippen molar-refractivity contribution in [2.45, 2.75) is 6.54 Å². The van der Waals surface area contributed by atoms with Crippen LogP contribution in [0.5, 0.6) is 5.75 Å². The molecule has 0 aliphatic carbocycles. The molecule has 1 heterocycles. The summed E-state index contributed by atoms with van der Waals surface area (Å²) in [5, 5.41) is 11.3. The summed E-state index contributed by atoms with van der Waals surface area (Å²) in [4.78, 5) is 14.6. The molecule has 4 aromatic rings. The molecule has 7 nitrogen and oxygen atoms in total. The van der Waals surface area contributed by atoms with Gasteiger partial charge in [-0.1, -0.05) is 24.3 Å². The van der Waals surface area contributed by atoms with Crippen LogP contribution in [-0.4, -0.2) is 37.0 Å². The van der Waals surface area contributed by atoms with Gasteiger partial charge in [-0.2, -0.15) is 5.10 Å². The van der Waals surface area contributed by atoms with Crippen LogP contribution in [0.25, 0.3) is 10.9 Å². The Labute approximate surface area is 181 Å². The second kappa shape index (κ2) is 8.79. The van der Waals surface area contributed by atoms with Gasteiger partial charge in [0.25, 0.3) is 0 Å². The monoisotopic (exact) mass is 415 g/mol. The highest BCUT2D eigenvalue weighted by atomic mass is 16.5. The molecule has 3 aromatic carbocycles. The number of anilines is 3. The van der Waals surface area contributed by atoms with E-state index in [0.29, 0.717) is 18.1 Å². The molecule has 7 heteroatoms. The number of nitrogens with one attached hydrogen (secondary N) is 2. The van der Waals surface area contributed by atoms with Crippen LogP contribution in [0.15, 0.2) is 72.8 Å². The third-order valence-corrected chi connectivity index (χ3v) is 5.02. The number of carbonyl (C=O) groups is 1. The number of hydrogen-bond acceptors (Lipinski definition) is 4. The van der Waals surface area contributed by atoms with Crippen molar-refractivity contribution in [2.24, 2.45) is 0 Å². The molecule has 4 rings (SSSR count). The summed E-state index contributed by atoms with van der Waals surface area (Å²) in [5.74, 6) is 1.33. The van der Waals surface area contributed by atoms with E-state index in [9.17, 15) is 4.79 Å². The molecule has 2 N–H and O–H groups in total. The highest BCUT2D eigenvalue weighted by Crippen LogP contribution is 2.24. The predicted octanol–water partition coefficient (Wildman–Crippen LogP) is 4.80. The summed E-state index contributed by atoms with van der Waals surface area (Å²) >= 11 is 0. The molecule has 0 bridgehead atoms. The zero-order valence-corrected chi connectivity index (χ0v) is 17.8. The summed E-state index contributed by atoms with van der Waals surface area (Å²) in [6.07, 6.45) is 0. The fourth-order valence-electron chi connectivity index (χ4n) is 3.36. The van der Waals surface area contributed by atoms with Gasteiger partial charge in [0.05, 0.1) is 19.2 Å². The lowest BCUT2D eigenvalue weighted by Gasteiger charge is -2.13. The standard InChI is InChI=1S/C24H25N5O2/c1-28(2)19-12-10-18(11-13-19)25-24(30)26-23-21-6-4-5-7-22(21)29(27-23)16-17-8-14-20(31-3)15-9-17/h4-15H,16H2,1-3H3,(H2,25,26,27,30). The SMILES string of the molecule is COc1ccc(Cn2nc(NC(=O)Nc3ccc(N(C)C)cc3)c3ccccc32)cc1. The van der Waals surface area contributed by atoms with Gasteiger partial charge >= 0.3 is 6.03 Å². The highest BCUT2D eigenvalue weighted by molar-refractivity contribution is 6.04. The Balaban J connectivity index is 1.52. The van der Waals surface area contributed by atoms with E-state index in [0.717, 1.165) is 27.9 Å². The third-order valence-electron chi connectivity index (χ3n) is 5.02. The van der Waals surface area contributed by atoms with Gasteiger partial charge in [0, 0.05) is 30.9 Å². The summed E-state index contributed by atoms with van der Waals surface area (Å²) in [7, 11) is 5.60. The van der Waals surface area contributed by atoms with Gasteiger partial charge in [-0.15, -0.1) is 0 Å². The van der Waals surface area contributed by atoms with Crippen molar-refractivity contribution in [1.29, 1.82) is 0 Å². The number of hydrogen-bond donors (Lipinski definition) is 2. The average molecular weight is 415 g/mol. The number of methoxy groups -OCH3 is 1. The van der Waals surface area contributed by atoms with Gasteiger partial charge in [0.15, 0.2) is 5.82 Å². The Bertz CT molecular complexity index is 1180. The average Bonchev–Trinajstić information content (AvgIpc) is 3.11. The number of rotatable bonds is 6. The molecule has 0 aliphatic rings. The highest BCUT2D eigenvalue weighted by Gasteiger charge is 2.13. The molecule has 0 radical (unpaired) electrons. The first-order valence-electron chi connectivity index (χ1n) is 9.97. The second-order valence-corrected chi connectivity index (χ2v) is 7.39. The number of benzene rings is 3. The fourth-order valence-corrected chi connectivity index (χ4v) is 3.36. The Kier molecular flexibility index (Phi) is 5.75. The van der Waals surface area contributed by atoms with Crippen molar-refractivity contribution >= 4 is 34.1 Å². The summed E-state index contributed by atoms with van der Waals surface area (Å²) in [6, 6.07) is 23.0. The summed E-state index contributed by atoms with van der Waals surface area (Å²) < 4.78 is 7.11. The van der Waals surface area contributed by atoms with Gasteiger partial charge in [0.2, 0.25) is 0 Å². The van der Waals surface area contributed by atoms with E-state index in [1.54, 1.807) is 7.11 Å². The van der Waals surface area contributed by atoms with E-state index >= 15 is 0 Å². The lowest BCUT2D eigenvalue weighted by molar-refractivity contribution is 0.262. The maximum absolute atomic E-state index is 12.6. The van der Waals surface area contributed by atoms with Crippen molar-refractivity contribution in [2.75, 3.05) is 36.7 Å². The minimum absolute atomic E-state index is 0.336. The molecule has 31 heavy (non-hydrogen) atoms. The zero-order valence-electron chi connectivity index (χ0n) is 17.8. The van der Waals surface area contributed by atoms with Crippen molar-refractivity contribution in [3.63, 3.8) is 0 Å². The van der Waals surface area contributed by atoms with E-state index in [-0.39, 0.29) is 6.03 Å². The van der Waals surface area contributed by atoms with E-state index < -0.39 is 0 Å². The van der Waals surface area contributed by atoms with Gasteiger partial charge in [0.1, 0.15) is 5.75 Å². The van der Waals surface area contributed by atoms with Crippen LogP contribution < -0.4 is 20.3 Å². The van der Waals surface area contributed by atoms with Gasteiger partial charge in [-0.05, 0) is 54.1 Å². The van der Waals surface area contributed by atoms with Crippen LogP contribution in [0.4, 0.5) is 22.0 Å². The number of para-hydroxylation sites is 1. The van der Waals surface area contributed by atoms with Gasteiger partial charge < -0.3 is 15.0 Å². The molecule has 0 aliphatic heterocycles. The van der Waals surface area contributed by atoms with Crippen molar-refractivity contribution in [3.8, 4) is 5.75 Å². The molecule has 0 fully saturated rings. The summed E-state index contributed by atoms with van der Waals surface area (Å²) in [5.41, 5.74) is 3.81. The molecular weight excluding hydrogens is 390 g/mol. The second-order valence-electron chi connectivity index (χ2n) is 7.39. The number of carbonyl (C=O) groups excluding carboxylic acids is 1. The smallest absolute Gasteiger partial charge is 0.324 e. The largest absolute Gasteiger partial charge is 0.497 e. The number of fused-ring (bicyclic) bond motifs is 1. The maximum atomic E-state index is 12.6. The van der Waals surface area contributed by atoms with Crippen molar-refractivity contribution in [3.05, 3.63) is 78.4 Å². The van der Waals surface area contributed by atoms with Crippen molar-refractivity contribution in [1.82, 2.24) is 9.78 Å². The molecule has 0 saturated heterocycles. The Morgan fingerprint density at radius 1 is 0.968 bits per heavy atom. The Morgan fingerprint density at radius 2 is 1.68 bits per heavy atom. The topological polar surface area (TPSA) is 71.4 Å². The quantitative estimate of drug-likeness (QED) is 0.474. The van der Waals surface area contributed by atoms with Gasteiger partial charge in [-0.25, -0.2) is 4.79 Å². The van der Waals surface area contributed by atoms with Crippen LogP contribution in [0.2, 0.25) is 0 Å². The lowest BCUT2D eigenvalue weighted by Crippen LogP contribution is -2.20. The van der Waals surface area contributed by atoms with Crippen LogP contribution in [0.1, 0.15) is 5.56 Å². The number of urea groups is 1. The molecular formula is C24H25N5O2. The van der Waals surface area contributed by atoms with E-state index in [1.165, 1.54) is 0 Å². The van der Waals surface area contributed by atoms with E-state index in [4.69, 9.17) is 4.74 Å². The molecule has 0 atom stereocenters.